The predicted molar refractivity (Wildman–Crippen MR) is 74.7 cm³/mol. The van der Waals surface area contributed by atoms with Gasteiger partial charge in [-0.25, -0.2) is 9.59 Å². The summed E-state index contributed by atoms with van der Waals surface area (Å²) >= 11 is 1.21. The van der Waals surface area contributed by atoms with Crippen LogP contribution in [0, 0.1) is 0 Å². The highest BCUT2D eigenvalue weighted by atomic mass is 32.1. The number of carbonyl (C=O) groups excluding carboxylic acids is 2. The van der Waals surface area contributed by atoms with Crippen molar-refractivity contribution < 1.29 is 19.1 Å². The summed E-state index contributed by atoms with van der Waals surface area (Å²) in [5.74, 6) is -0.886. The summed E-state index contributed by atoms with van der Waals surface area (Å²) in [5.41, 5.74) is 0.308. The zero-order valence-electron chi connectivity index (χ0n) is 11.4. The van der Waals surface area contributed by atoms with Crippen LogP contribution in [0.1, 0.15) is 59.6 Å². The number of hydrogen-bond acceptors (Lipinski definition) is 5. The van der Waals surface area contributed by atoms with E-state index in [1.807, 2.05) is 13.8 Å². The maximum atomic E-state index is 11.8. The Hall–Kier alpha value is -1.36. The second-order valence-electron chi connectivity index (χ2n) is 4.14. The Labute approximate surface area is 117 Å². The Morgan fingerprint density at radius 2 is 1.63 bits per heavy atom. The fraction of sp³-hybridized carbons (Fsp3) is 0.571. The quantitative estimate of drug-likeness (QED) is 0.540. The Bertz CT molecular complexity index is 375. The van der Waals surface area contributed by atoms with Gasteiger partial charge in [0.1, 0.15) is 4.88 Å². The van der Waals surface area contributed by atoms with E-state index in [0.29, 0.717) is 23.7 Å². The summed E-state index contributed by atoms with van der Waals surface area (Å²) in [7, 11) is 0. The minimum absolute atomic E-state index is 0.308. The van der Waals surface area contributed by atoms with Crippen molar-refractivity contribution in [2.45, 2.75) is 39.5 Å². The zero-order valence-corrected chi connectivity index (χ0v) is 12.3. The van der Waals surface area contributed by atoms with Gasteiger partial charge in [0.15, 0.2) is 0 Å². The number of esters is 2. The van der Waals surface area contributed by atoms with Crippen molar-refractivity contribution in [2.75, 3.05) is 13.2 Å². The van der Waals surface area contributed by atoms with E-state index in [-0.39, 0.29) is 0 Å². The molecule has 0 aromatic carbocycles. The molecule has 5 heteroatoms. The van der Waals surface area contributed by atoms with Crippen LogP contribution in [0.3, 0.4) is 0 Å². The molecular weight excluding hydrogens is 264 g/mol. The van der Waals surface area contributed by atoms with Crippen LogP contribution in [0.5, 0.6) is 0 Å². The van der Waals surface area contributed by atoms with Crippen LogP contribution in [0.25, 0.3) is 0 Å². The minimum atomic E-state index is -0.447. The molecule has 0 aliphatic carbocycles. The molecule has 1 rings (SSSR count). The average molecular weight is 284 g/mol. The van der Waals surface area contributed by atoms with Crippen molar-refractivity contribution in [3.8, 4) is 0 Å². The number of hydrogen-bond donors (Lipinski definition) is 0. The molecule has 0 saturated heterocycles. The fourth-order valence-corrected chi connectivity index (χ4v) is 2.16. The molecule has 1 aromatic rings. The van der Waals surface area contributed by atoms with Crippen LogP contribution in [-0.4, -0.2) is 25.2 Å². The number of thiophene rings is 1. The van der Waals surface area contributed by atoms with Gasteiger partial charge >= 0.3 is 11.9 Å². The first-order valence-corrected chi connectivity index (χ1v) is 7.50. The molecule has 1 heterocycles. The molecule has 0 aliphatic rings. The van der Waals surface area contributed by atoms with Crippen LogP contribution in [0.2, 0.25) is 0 Å². The summed E-state index contributed by atoms with van der Waals surface area (Å²) < 4.78 is 10.2. The van der Waals surface area contributed by atoms with Gasteiger partial charge in [0.25, 0.3) is 0 Å². The van der Waals surface area contributed by atoms with Crippen molar-refractivity contribution in [1.82, 2.24) is 0 Å². The highest BCUT2D eigenvalue weighted by molar-refractivity contribution is 7.12. The maximum absolute atomic E-state index is 11.8. The van der Waals surface area contributed by atoms with E-state index in [0.717, 1.165) is 25.7 Å². The molecule has 0 N–H and O–H groups in total. The van der Waals surface area contributed by atoms with Gasteiger partial charge in [-0.15, -0.1) is 11.3 Å². The number of unbranched alkanes of at least 4 members (excludes halogenated alkanes) is 2. The smallest absolute Gasteiger partial charge is 0.349 e. The Morgan fingerprint density at radius 1 is 1.05 bits per heavy atom. The van der Waals surface area contributed by atoms with E-state index in [9.17, 15) is 9.59 Å². The topological polar surface area (TPSA) is 52.6 Å². The van der Waals surface area contributed by atoms with Gasteiger partial charge in [-0.1, -0.05) is 26.7 Å². The average Bonchev–Trinajstić information content (AvgIpc) is 2.88. The lowest BCUT2D eigenvalue weighted by molar-refractivity contribution is 0.0457. The zero-order chi connectivity index (χ0) is 14.1. The predicted octanol–water partition coefficient (Wildman–Crippen LogP) is 3.66. The lowest BCUT2D eigenvalue weighted by Gasteiger charge is -2.05. The van der Waals surface area contributed by atoms with E-state index >= 15 is 0 Å². The van der Waals surface area contributed by atoms with Gasteiger partial charge in [-0.05, 0) is 24.3 Å². The molecule has 1 aromatic heterocycles. The van der Waals surface area contributed by atoms with Crippen LogP contribution in [0.4, 0.5) is 0 Å². The first kappa shape index (κ1) is 15.7. The lowest BCUT2D eigenvalue weighted by Crippen LogP contribution is -2.12. The third-order valence-corrected chi connectivity index (χ3v) is 3.43. The second kappa shape index (κ2) is 8.69. The van der Waals surface area contributed by atoms with E-state index in [4.69, 9.17) is 9.47 Å². The van der Waals surface area contributed by atoms with E-state index in [1.54, 1.807) is 11.4 Å². The molecule has 0 atom stereocenters. The van der Waals surface area contributed by atoms with E-state index in [2.05, 4.69) is 0 Å². The molecule has 0 bridgehead atoms. The second-order valence-corrected chi connectivity index (χ2v) is 5.06. The van der Waals surface area contributed by atoms with E-state index in [1.165, 1.54) is 11.3 Å². The molecule has 4 nitrogen and oxygen atoms in total. The van der Waals surface area contributed by atoms with Gasteiger partial charge < -0.3 is 9.47 Å². The van der Waals surface area contributed by atoms with Gasteiger partial charge in [-0.3, -0.25) is 0 Å². The van der Waals surface area contributed by atoms with Crippen LogP contribution in [0.15, 0.2) is 11.4 Å². The first-order valence-electron chi connectivity index (χ1n) is 6.62. The third kappa shape index (κ3) is 5.03. The number of rotatable bonds is 8. The summed E-state index contributed by atoms with van der Waals surface area (Å²) in [4.78, 5) is 24.0. The van der Waals surface area contributed by atoms with E-state index < -0.39 is 11.9 Å². The van der Waals surface area contributed by atoms with Crippen LogP contribution in [-0.2, 0) is 9.47 Å². The summed E-state index contributed by atoms with van der Waals surface area (Å²) in [5, 5.41) is 1.70. The monoisotopic (exact) mass is 284 g/mol. The van der Waals surface area contributed by atoms with Crippen molar-refractivity contribution in [3.05, 3.63) is 21.9 Å². The van der Waals surface area contributed by atoms with Crippen molar-refractivity contribution in [1.29, 1.82) is 0 Å². The highest BCUT2D eigenvalue weighted by Gasteiger charge is 2.20. The molecule has 19 heavy (non-hydrogen) atoms. The molecule has 0 amide bonds. The van der Waals surface area contributed by atoms with Gasteiger partial charge in [0, 0.05) is 0 Å². The van der Waals surface area contributed by atoms with Crippen LogP contribution < -0.4 is 0 Å². The SMILES string of the molecule is CCCCOC(=O)c1ccsc1C(=O)OCCCC. The fourth-order valence-electron chi connectivity index (χ4n) is 1.39. The standard InChI is InChI=1S/C14H20O4S/c1-3-5-8-17-13(15)11-7-10-19-12(11)14(16)18-9-6-4-2/h7,10H,3-6,8-9H2,1-2H3. The molecule has 0 radical (unpaired) electrons. The molecule has 0 saturated carbocycles. The normalized spacial score (nSPS) is 10.2. The lowest BCUT2D eigenvalue weighted by atomic mass is 10.2. The number of carbonyl (C=O) groups is 2. The Balaban J connectivity index is 2.58. The molecule has 106 valence electrons. The van der Waals surface area contributed by atoms with Gasteiger partial charge in [-0.2, -0.15) is 0 Å². The molecule has 0 spiro atoms. The van der Waals surface area contributed by atoms with Crippen molar-refractivity contribution >= 4 is 23.3 Å². The van der Waals surface area contributed by atoms with Gasteiger partial charge in [0.2, 0.25) is 0 Å². The van der Waals surface area contributed by atoms with Crippen molar-refractivity contribution in [2.24, 2.45) is 0 Å². The number of ether oxygens (including phenoxy) is 2. The molecule has 0 fully saturated rings. The third-order valence-electron chi connectivity index (χ3n) is 2.53. The Kier molecular flexibility index (Phi) is 7.18. The molecular formula is C14H20O4S. The highest BCUT2D eigenvalue weighted by Crippen LogP contribution is 2.19. The molecule has 0 unspecified atom stereocenters. The van der Waals surface area contributed by atoms with Crippen molar-refractivity contribution in [3.63, 3.8) is 0 Å². The Morgan fingerprint density at radius 3 is 2.21 bits per heavy atom. The maximum Gasteiger partial charge on any atom is 0.349 e. The first-order chi connectivity index (χ1) is 9.20. The summed E-state index contributed by atoms with van der Waals surface area (Å²) in [6.45, 7) is 4.82. The largest absolute Gasteiger partial charge is 0.462 e. The summed E-state index contributed by atoms with van der Waals surface area (Å²) in [6.07, 6.45) is 3.58. The minimum Gasteiger partial charge on any atom is -0.462 e. The van der Waals surface area contributed by atoms with Gasteiger partial charge in [0.05, 0.1) is 18.8 Å². The van der Waals surface area contributed by atoms with Crippen LogP contribution >= 0.6 is 11.3 Å². The summed E-state index contributed by atoms with van der Waals surface area (Å²) in [6, 6.07) is 1.61. The molecule has 0 aliphatic heterocycles.